The monoisotopic (exact) mass is 393 g/mol. The lowest BCUT2D eigenvalue weighted by Gasteiger charge is -2.26. The highest BCUT2D eigenvalue weighted by atomic mass is 16.4. The number of aliphatic carboxylic acids is 1. The highest BCUT2D eigenvalue weighted by Gasteiger charge is 2.45. The topological polar surface area (TPSA) is 101 Å². The van der Waals surface area contributed by atoms with Crippen LogP contribution in [0.3, 0.4) is 0 Å². The number of likely N-dealkylation sites (tertiary alicyclic amines) is 1. The summed E-state index contributed by atoms with van der Waals surface area (Å²) in [6.07, 6.45) is -0.412. The van der Waals surface area contributed by atoms with E-state index in [1.807, 2.05) is 31.1 Å². The zero-order valence-electron chi connectivity index (χ0n) is 16.2. The van der Waals surface area contributed by atoms with E-state index in [0.717, 1.165) is 5.69 Å². The third-order valence-electron chi connectivity index (χ3n) is 4.87. The molecule has 2 aromatic carbocycles. The second-order valence-electron chi connectivity index (χ2n) is 6.97. The van der Waals surface area contributed by atoms with Crippen molar-refractivity contribution in [1.82, 2.24) is 4.90 Å². The van der Waals surface area contributed by atoms with E-state index in [1.165, 1.54) is 4.90 Å². The minimum atomic E-state index is -1.32. The van der Waals surface area contributed by atoms with Gasteiger partial charge in [-0.1, -0.05) is 42.5 Å². The molecule has 7 heteroatoms. The van der Waals surface area contributed by atoms with Gasteiger partial charge >= 0.3 is 0 Å². The SMILES string of the molecule is CN(C)c1ccc([C@H]2C(=C(O)c3ccccc3)C(=O)C(=O)N2CCC(=O)[O-])cc1. The second-order valence-corrected chi connectivity index (χ2v) is 6.97. The Hall–Kier alpha value is -3.61. The predicted octanol–water partition coefficient (Wildman–Crippen LogP) is 1.31. The zero-order chi connectivity index (χ0) is 21.1. The Morgan fingerprint density at radius 3 is 2.24 bits per heavy atom. The Morgan fingerprint density at radius 1 is 1.07 bits per heavy atom. The zero-order valence-corrected chi connectivity index (χ0v) is 16.2. The molecule has 1 N–H and O–H groups in total. The van der Waals surface area contributed by atoms with Crippen molar-refractivity contribution in [2.24, 2.45) is 0 Å². The normalized spacial score (nSPS) is 18.1. The summed E-state index contributed by atoms with van der Waals surface area (Å²) in [6, 6.07) is 14.8. The molecular weight excluding hydrogens is 372 g/mol. The molecule has 7 nitrogen and oxygen atoms in total. The molecule has 0 aromatic heterocycles. The smallest absolute Gasteiger partial charge is 0.295 e. The second kappa shape index (κ2) is 8.18. The Balaban J connectivity index is 2.13. The summed E-state index contributed by atoms with van der Waals surface area (Å²) in [5.41, 5.74) is 1.87. The molecule has 1 fully saturated rings. The van der Waals surface area contributed by atoms with Crippen molar-refractivity contribution in [2.75, 3.05) is 25.5 Å². The lowest BCUT2D eigenvalue weighted by atomic mass is 9.95. The molecular formula is C22H21N2O5-. The van der Waals surface area contributed by atoms with Gasteiger partial charge in [-0.15, -0.1) is 0 Å². The number of rotatable bonds is 6. The van der Waals surface area contributed by atoms with Crippen molar-refractivity contribution in [1.29, 1.82) is 0 Å². The first-order valence-electron chi connectivity index (χ1n) is 9.12. The molecule has 0 saturated carbocycles. The maximum atomic E-state index is 12.8. The fourth-order valence-corrected chi connectivity index (χ4v) is 3.38. The van der Waals surface area contributed by atoms with E-state index in [9.17, 15) is 24.6 Å². The Labute approximate surface area is 168 Å². The van der Waals surface area contributed by atoms with Crippen molar-refractivity contribution < 1.29 is 24.6 Å². The van der Waals surface area contributed by atoms with Gasteiger partial charge in [-0.3, -0.25) is 9.59 Å². The van der Waals surface area contributed by atoms with E-state index in [0.29, 0.717) is 11.1 Å². The number of anilines is 1. The quantitative estimate of drug-likeness (QED) is 0.451. The van der Waals surface area contributed by atoms with Crippen molar-refractivity contribution in [3.63, 3.8) is 0 Å². The number of aliphatic hydroxyl groups is 1. The maximum absolute atomic E-state index is 12.8. The van der Waals surface area contributed by atoms with Gasteiger partial charge in [0.25, 0.3) is 11.7 Å². The molecule has 29 heavy (non-hydrogen) atoms. The molecule has 0 spiro atoms. The van der Waals surface area contributed by atoms with Crippen LogP contribution < -0.4 is 10.0 Å². The van der Waals surface area contributed by atoms with Gasteiger partial charge in [0.15, 0.2) is 0 Å². The molecule has 1 aliphatic heterocycles. The minimum Gasteiger partial charge on any atom is -0.550 e. The van der Waals surface area contributed by atoms with Crippen LogP contribution in [0.1, 0.15) is 23.6 Å². The van der Waals surface area contributed by atoms with Crippen LogP contribution in [0.15, 0.2) is 60.2 Å². The van der Waals surface area contributed by atoms with Gasteiger partial charge in [0.1, 0.15) is 5.76 Å². The summed E-state index contributed by atoms with van der Waals surface area (Å²) in [4.78, 5) is 39.4. The van der Waals surface area contributed by atoms with Gasteiger partial charge in [-0.2, -0.15) is 0 Å². The number of nitrogens with zero attached hydrogens (tertiary/aromatic N) is 2. The molecule has 0 aliphatic carbocycles. The average molecular weight is 393 g/mol. The van der Waals surface area contributed by atoms with Crippen LogP contribution in [0.25, 0.3) is 5.76 Å². The Bertz CT molecular complexity index is 964. The fourth-order valence-electron chi connectivity index (χ4n) is 3.38. The standard InChI is InChI=1S/C22H22N2O5/c1-23(2)16-10-8-14(9-11-16)19-18(20(27)15-6-4-3-5-7-15)21(28)22(29)24(19)13-12-17(25)26/h3-11,19,27H,12-13H2,1-2H3,(H,25,26)/p-1/t19-/m0/s1. The van der Waals surface area contributed by atoms with Crippen molar-refractivity contribution >= 4 is 29.1 Å². The molecule has 2 aromatic rings. The number of carboxylic acid groups (broad SMARTS) is 1. The third kappa shape index (κ3) is 3.99. The Morgan fingerprint density at radius 2 is 1.69 bits per heavy atom. The molecule has 1 aliphatic rings. The van der Waals surface area contributed by atoms with E-state index in [2.05, 4.69) is 0 Å². The summed E-state index contributed by atoms with van der Waals surface area (Å²) in [6.45, 7) is -0.196. The van der Waals surface area contributed by atoms with Crippen molar-refractivity contribution in [3.8, 4) is 0 Å². The molecule has 150 valence electrons. The molecule has 1 amide bonds. The van der Waals surface area contributed by atoms with Crippen molar-refractivity contribution in [2.45, 2.75) is 12.5 Å². The average Bonchev–Trinajstić information content (AvgIpc) is 2.97. The van der Waals surface area contributed by atoms with Gasteiger partial charge in [-0.05, 0) is 17.7 Å². The summed E-state index contributed by atoms with van der Waals surface area (Å²) >= 11 is 0. The maximum Gasteiger partial charge on any atom is 0.295 e. The van der Waals surface area contributed by atoms with Gasteiger partial charge in [0, 0.05) is 44.3 Å². The fraction of sp³-hybridized carbons (Fsp3) is 0.227. The summed E-state index contributed by atoms with van der Waals surface area (Å²) in [7, 11) is 3.77. The first kappa shape index (κ1) is 20.1. The van der Waals surface area contributed by atoms with Crippen LogP contribution >= 0.6 is 0 Å². The number of carbonyl (C=O) groups is 3. The van der Waals surface area contributed by atoms with Crippen LogP contribution in [0, 0.1) is 0 Å². The van der Waals surface area contributed by atoms with Crippen LogP contribution in [0.5, 0.6) is 0 Å². The molecule has 0 bridgehead atoms. The number of carbonyl (C=O) groups excluding carboxylic acids is 3. The predicted molar refractivity (Wildman–Crippen MR) is 106 cm³/mol. The molecule has 1 heterocycles. The Kier molecular flexibility index (Phi) is 5.68. The molecule has 0 radical (unpaired) electrons. The summed E-state index contributed by atoms with van der Waals surface area (Å²) < 4.78 is 0. The third-order valence-corrected chi connectivity index (χ3v) is 4.87. The van der Waals surface area contributed by atoms with Crippen LogP contribution in [0.4, 0.5) is 5.69 Å². The number of amides is 1. The molecule has 1 atom stereocenters. The van der Waals surface area contributed by atoms with E-state index in [4.69, 9.17) is 0 Å². The highest BCUT2D eigenvalue weighted by molar-refractivity contribution is 6.46. The van der Waals surface area contributed by atoms with Crippen LogP contribution in [-0.4, -0.2) is 48.3 Å². The molecule has 1 saturated heterocycles. The summed E-state index contributed by atoms with van der Waals surface area (Å²) in [5.74, 6) is -3.30. The molecule has 3 rings (SSSR count). The number of benzene rings is 2. The lowest BCUT2D eigenvalue weighted by Crippen LogP contribution is -2.34. The number of carboxylic acids is 1. The van der Waals surface area contributed by atoms with Crippen molar-refractivity contribution in [3.05, 3.63) is 71.3 Å². The summed E-state index contributed by atoms with van der Waals surface area (Å²) in [5, 5.41) is 21.8. The largest absolute Gasteiger partial charge is 0.550 e. The number of hydrogen-bond donors (Lipinski definition) is 1. The number of aliphatic hydroxyl groups excluding tert-OH is 1. The first-order chi connectivity index (χ1) is 13.8. The van der Waals surface area contributed by atoms with Gasteiger partial charge in [0.2, 0.25) is 0 Å². The van der Waals surface area contributed by atoms with E-state index < -0.39 is 30.1 Å². The molecule has 0 unspecified atom stereocenters. The van der Waals surface area contributed by atoms with E-state index in [-0.39, 0.29) is 17.9 Å². The van der Waals surface area contributed by atoms with Crippen LogP contribution in [-0.2, 0) is 14.4 Å². The van der Waals surface area contributed by atoms with E-state index in [1.54, 1.807) is 42.5 Å². The number of ketones is 1. The lowest BCUT2D eigenvalue weighted by molar-refractivity contribution is -0.305. The first-order valence-corrected chi connectivity index (χ1v) is 9.12. The number of hydrogen-bond acceptors (Lipinski definition) is 6. The van der Waals surface area contributed by atoms with Crippen LogP contribution in [0.2, 0.25) is 0 Å². The van der Waals surface area contributed by atoms with Gasteiger partial charge < -0.3 is 24.8 Å². The van der Waals surface area contributed by atoms with Gasteiger partial charge in [0.05, 0.1) is 11.6 Å². The number of Topliss-reactive ketones (excluding diaryl/α,β-unsaturated/α-hetero) is 1. The van der Waals surface area contributed by atoms with E-state index >= 15 is 0 Å². The minimum absolute atomic E-state index is 0.0582. The highest BCUT2D eigenvalue weighted by Crippen LogP contribution is 2.39. The van der Waals surface area contributed by atoms with Gasteiger partial charge in [-0.25, -0.2) is 0 Å².